The number of carbonyl (C=O) groups is 3. The number of ketones is 2. The van der Waals surface area contributed by atoms with Crippen molar-refractivity contribution in [2.75, 3.05) is 0 Å². The number of amides is 1. The number of rotatable bonds is 9. The maximum absolute atomic E-state index is 13.4. The average molecular weight is 566 g/mol. The predicted octanol–water partition coefficient (Wildman–Crippen LogP) is 4.63. The number of aromatic hydroxyl groups is 4. The van der Waals surface area contributed by atoms with Gasteiger partial charge < -0.3 is 25.7 Å². The van der Waals surface area contributed by atoms with Crippen LogP contribution >= 0.6 is 15.9 Å². The fourth-order valence-corrected chi connectivity index (χ4v) is 4.16. The molecule has 1 unspecified atom stereocenters. The van der Waals surface area contributed by atoms with Crippen molar-refractivity contribution in [2.24, 2.45) is 5.92 Å². The van der Waals surface area contributed by atoms with E-state index in [9.17, 15) is 34.8 Å². The van der Waals surface area contributed by atoms with Gasteiger partial charge in [-0.3, -0.25) is 14.4 Å². The number of hydrogen-bond donors (Lipinski definition) is 5. The molecule has 0 spiro atoms. The molecule has 8 nitrogen and oxygen atoms in total. The topological polar surface area (TPSA) is 144 Å². The molecular formula is C28H24BrNO7. The van der Waals surface area contributed by atoms with Gasteiger partial charge in [-0.1, -0.05) is 40.2 Å². The van der Waals surface area contributed by atoms with Crippen molar-refractivity contribution in [1.29, 1.82) is 0 Å². The fourth-order valence-electron chi connectivity index (χ4n) is 3.74. The van der Waals surface area contributed by atoms with Crippen molar-refractivity contribution in [3.8, 4) is 23.0 Å². The van der Waals surface area contributed by atoms with Crippen molar-refractivity contribution < 1.29 is 34.8 Å². The smallest absolute Gasteiger partial charge is 0.217 e. The second kappa shape index (κ2) is 12.0. The maximum atomic E-state index is 13.4. The summed E-state index contributed by atoms with van der Waals surface area (Å²) >= 11 is 3.36. The first-order valence-corrected chi connectivity index (χ1v) is 11.8. The molecule has 0 saturated heterocycles. The number of nitrogens with one attached hydrogen (secondary N) is 1. The highest BCUT2D eigenvalue weighted by Gasteiger charge is 2.34. The molecule has 0 heterocycles. The van der Waals surface area contributed by atoms with E-state index in [1.807, 2.05) is 0 Å². The summed E-state index contributed by atoms with van der Waals surface area (Å²) in [6.45, 7) is 1.27. The van der Waals surface area contributed by atoms with Crippen LogP contribution in [-0.2, 0) is 14.4 Å². The van der Waals surface area contributed by atoms with Crippen LogP contribution in [-0.4, -0.2) is 37.9 Å². The van der Waals surface area contributed by atoms with E-state index in [4.69, 9.17) is 0 Å². The van der Waals surface area contributed by atoms with Crippen LogP contribution in [0.3, 0.4) is 0 Å². The van der Waals surface area contributed by atoms with Gasteiger partial charge in [0.25, 0.3) is 0 Å². The normalized spacial score (nSPS) is 12.2. The molecule has 0 aliphatic rings. The summed E-state index contributed by atoms with van der Waals surface area (Å²) in [4.78, 5) is 38.9. The lowest BCUT2D eigenvalue weighted by Crippen LogP contribution is -2.39. The van der Waals surface area contributed by atoms with Crippen LogP contribution in [0.25, 0.3) is 12.2 Å². The molecule has 5 N–H and O–H groups in total. The minimum Gasteiger partial charge on any atom is -0.508 e. The molecule has 1 atom stereocenters. The van der Waals surface area contributed by atoms with E-state index in [-0.39, 0.29) is 23.0 Å². The van der Waals surface area contributed by atoms with Crippen LogP contribution in [0.4, 0.5) is 0 Å². The Labute approximate surface area is 221 Å². The Morgan fingerprint density at radius 2 is 1.22 bits per heavy atom. The van der Waals surface area contributed by atoms with Crippen molar-refractivity contribution in [3.63, 3.8) is 0 Å². The van der Waals surface area contributed by atoms with Crippen LogP contribution in [0.1, 0.15) is 29.7 Å². The lowest BCUT2D eigenvalue weighted by molar-refractivity contribution is -0.129. The van der Waals surface area contributed by atoms with E-state index >= 15 is 0 Å². The zero-order valence-corrected chi connectivity index (χ0v) is 21.2. The monoisotopic (exact) mass is 565 g/mol. The molecule has 190 valence electrons. The van der Waals surface area contributed by atoms with Crippen molar-refractivity contribution in [3.05, 3.63) is 94.0 Å². The minimum absolute atomic E-state index is 0.206. The van der Waals surface area contributed by atoms with Gasteiger partial charge in [-0.15, -0.1) is 0 Å². The molecule has 3 rings (SSSR count). The third kappa shape index (κ3) is 7.81. The van der Waals surface area contributed by atoms with Gasteiger partial charge >= 0.3 is 0 Å². The van der Waals surface area contributed by atoms with Gasteiger partial charge in [-0.25, -0.2) is 0 Å². The van der Waals surface area contributed by atoms with Crippen LogP contribution < -0.4 is 5.32 Å². The molecule has 3 aromatic carbocycles. The second-order valence-electron chi connectivity index (χ2n) is 8.25. The third-order valence-electron chi connectivity index (χ3n) is 5.24. The summed E-state index contributed by atoms with van der Waals surface area (Å²) in [6, 6.07) is 13.4. The molecule has 37 heavy (non-hydrogen) atoms. The Bertz CT molecular complexity index is 1280. The van der Waals surface area contributed by atoms with Gasteiger partial charge in [0, 0.05) is 23.5 Å². The lowest BCUT2D eigenvalue weighted by Gasteiger charge is -2.25. The molecule has 1 amide bonds. The highest BCUT2D eigenvalue weighted by molar-refractivity contribution is 9.10. The predicted molar refractivity (Wildman–Crippen MR) is 142 cm³/mol. The van der Waals surface area contributed by atoms with Gasteiger partial charge in [0.1, 0.15) is 28.9 Å². The highest BCUT2D eigenvalue weighted by atomic mass is 79.9. The van der Waals surface area contributed by atoms with E-state index in [0.717, 1.165) is 24.3 Å². The van der Waals surface area contributed by atoms with E-state index in [2.05, 4.69) is 21.2 Å². The van der Waals surface area contributed by atoms with E-state index in [1.54, 1.807) is 24.3 Å². The Morgan fingerprint density at radius 1 is 0.757 bits per heavy atom. The van der Waals surface area contributed by atoms with E-state index < -0.39 is 29.4 Å². The molecule has 0 aliphatic heterocycles. The number of benzene rings is 3. The average Bonchev–Trinajstić information content (AvgIpc) is 2.79. The van der Waals surface area contributed by atoms with Gasteiger partial charge in [0.2, 0.25) is 5.91 Å². The quantitative estimate of drug-likeness (QED) is 0.188. The molecule has 0 radical (unpaired) electrons. The Balaban J connectivity index is 2.04. The number of hydrogen-bond acceptors (Lipinski definition) is 7. The molecule has 0 saturated carbocycles. The second-order valence-corrected chi connectivity index (χ2v) is 9.16. The number of phenols is 4. The first-order valence-electron chi connectivity index (χ1n) is 11.0. The summed E-state index contributed by atoms with van der Waals surface area (Å²) in [5.74, 6) is -3.96. The summed E-state index contributed by atoms with van der Waals surface area (Å²) in [7, 11) is 0. The third-order valence-corrected chi connectivity index (χ3v) is 5.74. The minimum atomic E-state index is -1.39. The van der Waals surface area contributed by atoms with Crippen LogP contribution in [0.5, 0.6) is 23.0 Å². The van der Waals surface area contributed by atoms with E-state index in [0.29, 0.717) is 21.2 Å². The first kappa shape index (κ1) is 27.2. The summed E-state index contributed by atoms with van der Waals surface area (Å²) in [5.41, 5.74) is 1.14. The Morgan fingerprint density at radius 3 is 1.62 bits per heavy atom. The fraction of sp³-hybridized carbons (Fsp3) is 0.107. The maximum Gasteiger partial charge on any atom is 0.217 e. The van der Waals surface area contributed by atoms with Crippen LogP contribution in [0.2, 0.25) is 0 Å². The molecule has 0 bridgehead atoms. The lowest BCUT2D eigenvalue weighted by atomic mass is 9.85. The molecule has 0 fully saturated rings. The van der Waals surface area contributed by atoms with Gasteiger partial charge in [-0.05, 0) is 65.2 Å². The van der Waals surface area contributed by atoms with Crippen molar-refractivity contribution in [1.82, 2.24) is 5.32 Å². The molecule has 3 aromatic rings. The SMILES string of the molecule is CC(=O)NC(c1cccc(Br)c1)C(C(=O)/C=C/c1cc(O)cc(O)c1)C(=O)/C=C/c1cc(O)cc(O)c1. The Kier molecular flexibility index (Phi) is 8.86. The standard InChI is InChI=1S/C28H24BrNO7/c1-16(31)30-28(19-3-2-4-20(29)13-19)27(25(36)7-5-17-9-21(32)14-22(33)10-17)26(37)8-6-18-11-23(34)15-24(35)12-18/h2-15,27-28,32-35H,1H3,(H,30,31)/b7-5+,8-6+. The highest BCUT2D eigenvalue weighted by Crippen LogP contribution is 2.29. The van der Waals surface area contributed by atoms with Gasteiger partial charge in [0.15, 0.2) is 11.6 Å². The van der Waals surface area contributed by atoms with Crippen molar-refractivity contribution >= 4 is 45.6 Å². The van der Waals surface area contributed by atoms with Crippen LogP contribution in [0.15, 0.2) is 77.3 Å². The summed E-state index contributed by atoms with van der Waals surface area (Å²) in [6.07, 6.45) is 4.95. The number of carbonyl (C=O) groups excluding carboxylic acids is 3. The molecule has 9 heteroatoms. The zero-order valence-electron chi connectivity index (χ0n) is 19.6. The number of halogens is 1. The molecule has 0 aliphatic carbocycles. The summed E-state index contributed by atoms with van der Waals surface area (Å²) < 4.78 is 0.676. The van der Waals surface area contributed by atoms with Crippen LogP contribution in [0, 0.1) is 5.92 Å². The number of allylic oxidation sites excluding steroid dienone is 2. The van der Waals surface area contributed by atoms with Gasteiger partial charge in [0.05, 0.1) is 6.04 Å². The summed E-state index contributed by atoms with van der Waals surface area (Å²) in [5, 5.41) is 41.5. The molecule has 0 aromatic heterocycles. The zero-order chi connectivity index (χ0) is 27.1. The van der Waals surface area contributed by atoms with Crippen molar-refractivity contribution in [2.45, 2.75) is 13.0 Å². The number of phenolic OH excluding ortho intramolecular Hbond substituents is 4. The Hall–Kier alpha value is -4.37. The molecular weight excluding hydrogens is 542 g/mol. The van der Waals surface area contributed by atoms with E-state index in [1.165, 1.54) is 43.3 Å². The largest absolute Gasteiger partial charge is 0.508 e. The first-order chi connectivity index (χ1) is 17.5. The van der Waals surface area contributed by atoms with Gasteiger partial charge in [-0.2, -0.15) is 0 Å².